The maximum Gasteiger partial charge on any atom is 0.200 e. The van der Waals surface area contributed by atoms with Crippen molar-refractivity contribution < 1.29 is 39.5 Å². The number of hydrogen-bond donors (Lipinski definition) is 4. The number of phenols is 1. The second-order valence-corrected chi connectivity index (χ2v) is 6.95. The zero-order chi connectivity index (χ0) is 21.6. The van der Waals surface area contributed by atoms with E-state index in [0.29, 0.717) is 5.56 Å². The van der Waals surface area contributed by atoms with Gasteiger partial charge >= 0.3 is 0 Å². The van der Waals surface area contributed by atoms with Crippen molar-refractivity contribution in [1.29, 1.82) is 0 Å². The normalized spacial score (nSPS) is 24.3. The summed E-state index contributed by atoms with van der Waals surface area (Å²) >= 11 is 0. The number of fused-ring (bicyclic) bond motifs is 1. The molecule has 1 fully saturated rings. The molecule has 0 spiro atoms. The molecule has 0 unspecified atom stereocenters. The fraction of sp³-hybridized carbons (Fsp3) is 0.238. The van der Waals surface area contributed by atoms with Gasteiger partial charge in [0.15, 0.2) is 5.78 Å². The van der Waals surface area contributed by atoms with Gasteiger partial charge in [0.05, 0.1) is 17.6 Å². The van der Waals surface area contributed by atoms with Crippen LogP contribution in [0.5, 0.6) is 11.5 Å². The lowest BCUT2D eigenvalue weighted by molar-refractivity contribution is -0.272. The largest absolute Gasteiger partial charge is 0.872 e. The van der Waals surface area contributed by atoms with Crippen molar-refractivity contribution in [2.45, 2.75) is 24.4 Å². The van der Waals surface area contributed by atoms with Crippen LogP contribution in [0.1, 0.15) is 11.7 Å². The number of hydrogen-bond acceptors (Lipinski definition) is 9. The number of aliphatic hydroxyl groups is 3. The Morgan fingerprint density at radius 3 is 2.37 bits per heavy atom. The van der Waals surface area contributed by atoms with E-state index in [4.69, 9.17) is 9.15 Å². The third-order valence-electron chi connectivity index (χ3n) is 5.13. The first-order valence-electron chi connectivity index (χ1n) is 9.04. The van der Waals surface area contributed by atoms with Crippen LogP contribution in [0.15, 0.2) is 51.9 Å². The SMILES string of the molecule is O=C1[C@@H](O)[C@H](c2c([O-])ccc3c(=O)c(-c4ccc(O)cc4)coc23)O[C@H](CO)[C@H]1O. The monoisotopic (exact) mass is 413 g/mol. The number of phenolic OH excluding ortho intramolecular Hbond substituents is 1. The molecule has 0 aliphatic carbocycles. The van der Waals surface area contributed by atoms with E-state index in [-0.39, 0.29) is 27.8 Å². The number of Topliss-reactive ketones (excluding diaryl/α,β-unsaturated/α-hetero) is 1. The van der Waals surface area contributed by atoms with Gasteiger partial charge in [-0.3, -0.25) is 9.59 Å². The van der Waals surface area contributed by atoms with Gasteiger partial charge in [0.25, 0.3) is 0 Å². The molecule has 2 aromatic carbocycles. The molecule has 2 heterocycles. The van der Waals surface area contributed by atoms with Gasteiger partial charge < -0.3 is 34.7 Å². The van der Waals surface area contributed by atoms with Crippen molar-refractivity contribution in [3.8, 4) is 22.6 Å². The minimum absolute atomic E-state index is 0.0186. The van der Waals surface area contributed by atoms with Gasteiger partial charge in [-0.25, -0.2) is 0 Å². The Morgan fingerprint density at radius 2 is 1.70 bits per heavy atom. The molecule has 0 bridgehead atoms. The van der Waals surface area contributed by atoms with Crippen LogP contribution in [-0.4, -0.2) is 51.1 Å². The van der Waals surface area contributed by atoms with E-state index >= 15 is 0 Å². The highest BCUT2D eigenvalue weighted by Gasteiger charge is 2.44. The number of benzene rings is 2. The predicted molar refractivity (Wildman–Crippen MR) is 101 cm³/mol. The highest BCUT2D eigenvalue weighted by Crippen LogP contribution is 2.38. The summed E-state index contributed by atoms with van der Waals surface area (Å²) in [6.07, 6.45) is -5.38. The third kappa shape index (κ3) is 3.14. The molecule has 4 N–H and O–H groups in total. The Kier molecular flexibility index (Phi) is 5.04. The average molecular weight is 413 g/mol. The van der Waals surface area contributed by atoms with Crippen LogP contribution in [0.2, 0.25) is 0 Å². The van der Waals surface area contributed by atoms with E-state index in [2.05, 4.69) is 0 Å². The van der Waals surface area contributed by atoms with Crippen LogP contribution in [0.25, 0.3) is 22.1 Å². The van der Waals surface area contributed by atoms with Crippen LogP contribution in [0.3, 0.4) is 0 Å². The standard InChI is InChI=1S/C21H18O9/c22-7-14-17(26)18(27)19(28)21(30-14)15-13(24)6-5-11-16(25)12(8-29-20(11)15)9-1-3-10(23)4-2-9/h1-6,8,14,17,19,21-24,26,28H,7H2/p-1/t14-,17-,19-,21+/m1/s1. The first kappa shape index (κ1) is 20.0. The Balaban J connectivity index is 1.88. The molecule has 1 aliphatic rings. The number of aromatic hydroxyl groups is 1. The summed E-state index contributed by atoms with van der Waals surface area (Å²) in [6.45, 7) is -0.718. The van der Waals surface area contributed by atoms with Crippen LogP contribution < -0.4 is 10.5 Å². The molecule has 1 aromatic heterocycles. The number of carbonyl (C=O) groups excluding carboxylic acids is 1. The van der Waals surface area contributed by atoms with Gasteiger partial charge in [-0.1, -0.05) is 23.9 Å². The molecule has 9 heteroatoms. The molecule has 0 radical (unpaired) electrons. The summed E-state index contributed by atoms with van der Waals surface area (Å²) in [5.74, 6) is -1.63. The lowest BCUT2D eigenvalue weighted by Crippen LogP contribution is -2.52. The Hall–Kier alpha value is -3.24. The van der Waals surface area contributed by atoms with Gasteiger partial charge in [0.1, 0.15) is 42.0 Å². The summed E-state index contributed by atoms with van der Waals surface area (Å²) in [6, 6.07) is 8.22. The Morgan fingerprint density at radius 1 is 1.00 bits per heavy atom. The fourth-order valence-corrected chi connectivity index (χ4v) is 3.53. The molecule has 3 aromatic rings. The smallest absolute Gasteiger partial charge is 0.200 e. The maximum atomic E-state index is 13.0. The molecule has 1 aliphatic heterocycles. The van der Waals surface area contributed by atoms with Gasteiger partial charge in [-0.05, 0) is 23.8 Å². The van der Waals surface area contributed by atoms with Gasteiger partial charge in [0.2, 0.25) is 5.43 Å². The minimum Gasteiger partial charge on any atom is -0.872 e. The van der Waals surface area contributed by atoms with Crippen LogP contribution in [-0.2, 0) is 9.53 Å². The topological polar surface area (TPSA) is 160 Å². The Bertz CT molecular complexity index is 1170. The number of ether oxygens (including phenoxy) is 1. The average Bonchev–Trinajstić information content (AvgIpc) is 2.74. The quantitative estimate of drug-likeness (QED) is 0.462. The summed E-state index contributed by atoms with van der Waals surface area (Å²) < 4.78 is 11.0. The first-order valence-corrected chi connectivity index (χ1v) is 9.04. The molecule has 156 valence electrons. The number of carbonyl (C=O) groups is 1. The molecule has 0 saturated carbocycles. The highest BCUT2D eigenvalue weighted by atomic mass is 16.5. The zero-order valence-electron chi connectivity index (χ0n) is 15.4. The van der Waals surface area contributed by atoms with Crippen LogP contribution in [0.4, 0.5) is 0 Å². The van der Waals surface area contributed by atoms with Crippen LogP contribution >= 0.6 is 0 Å². The molecule has 9 nitrogen and oxygen atoms in total. The molecule has 30 heavy (non-hydrogen) atoms. The maximum absolute atomic E-state index is 13.0. The number of aliphatic hydroxyl groups excluding tert-OH is 3. The third-order valence-corrected chi connectivity index (χ3v) is 5.13. The first-order chi connectivity index (χ1) is 14.3. The van der Waals surface area contributed by atoms with E-state index < -0.39 is 48.0 Å². The summed E-state index contributed by atoms with van der Waals surface area (Å²) in [5, 5.41) is 51.4. The molecular weight excluding hydrogens is 396 g/mol. The lowest BCUT2D eigenvalue weighted by Gasteiger charge is -2.37. The molecule has 4 atom stereocenters. The van der Waals surface area contributed by atoms with Crippen molar-refractivity contribution in [2.24, 2.45) is 0 Å². The molecule has 0 amide bonds. The van der Waals surface area contributed by atoms with E-state index in [1.807, 2.05) is 0 Å². The predicted octanol–water partition coefficient (Wildman–Crippen LogP) is -0.0377. The fourth-order valence-electron chi connectivity index (χ4n) is 3.53. The van der Waals surface area contributed by atoms with Crippen molar-refractivity contribution in [2.75, 3.05) is 6.61 Å². The summed E-state index contributed by atoms with van der Waals surface area (Å²) in [5.41, 5.74) is -0.243. The van der Waals surface area contributed by atoms with Crippen molar-refractivity contribution in [3.05, 3.63) is 58.4 Å². The van der Waals surface area contributed by atoms with E-state index in [9.17, 15) is 35.1 Å². The van der Waals surface area contributed by atoms with E-state index in [1.165, 1.54) is 30.3 Å². The Labute approximate surface area is 169 Å². The molecule has 1 saturated heterocycles. The summed E-state index contributed by atoms with van der Waals surface area (Å²) in [7, 11) is 0. The number of rotatable bonds is 3. The summed E-state index contributed by atoms with van der Waals surface area (Å²) in [4.78, 5) is 25.2. The van der Waals surface area contributed by atoms with Gasteiger partial charge in [-0.15, -0.1) is 0 Å². The van der Waals surface area contributed by atoms with E-state index in [0.717, 1.165) is 12.3 Å². The second kappa shape index (κ2) is 7.54. The molecular formula is C21H17O9-. The highest BCUT2D eigenvalue weighted by molar-refractivity contribution is 5.91. The van der Waals surface area contributed by atoms with Crippen molar-refractivity contribution in [3.63, 3.8) is 0 Å². The number of ketones is 1. The van der Waals surface area contributed by atoms with Gasteiger partial charge in [0, 0.05) is 5.56 Å². The minimum atomic E-state index is -1.89. The van der Waals surface area contributed by atoms with E-state index in [1.54, 1.807) is 0 Å². The zero-order valence-corrected chi connectivity index (χ0v) is 15.4. The second-order valence-electron chi connectivity index (χ2n) is 6.95. The van der Waals surface area contributed by atoms with Crippen LogP contribution in [0, 0.1) is 0 Å². The lowest BCUT2D eigenvalue weighted by atomic mass is 9.91. The van der Waals surface area contributed by atoms with Crippen molar-refractivity contribution >= 4 is 16.8 Å². The van der Waals surface area contributed by atoms with Crippen molar-refractivity contribution in [1.82, 2.24) is 0 Å². The van der Waals surface area contributed by atoms with Gasteiger partial charge in [-0.2, -0.15) is 0 Å². The molecule has 4 rings (SSSR count).